The maximum absolute atomic E-state index is 13.5. The molecule has 0 atom stereocenters. The molecule has 1 aliphatic rings. The smallest absolute Gasteiger partial charge is 0.321 e. The number of hydrogen-bond donors (Lipinski definition) is 2. The van der Waals surface area contributed by atoms with Gasteiger partial charge in [0.1, 0.15) is 5.82 Å². The zero-order valence-corrected chi connectivity index (χ0v) is 17.9. The van der Waals surface area contributed by atoms with Crippen molar-refractivity contribution in [3.63, 3.8) is 0 Å². The van der Waals surface area contributed by atoms with E-state index in [1.54, 1.807) is 11.0 Å². The van der Waals surface area contributed by atoms with E-state index in [0.717, 1.165) is 16.8 Å². The highest BCUT2D eigenvalue weighted by Crippen LogP contribution is 2.24. The van der Waals surface area contributed by atoms with Crippen LogP contribution in [0.15, 0.2) is 48.5 Å². The van der Waals surface area contributed by atoms with Crippen molar-refractivity contribution in [2.45, 2.75) is 39.0 Å². The lowest BCUT2D eigenvalue weighted by molar-refractivity contribution is -0.126. The van der Waals surface area contributed by atoms with E-state index >= 15 is 0 Å². The summed E-state index contributed by atoms with van der Waals surface area (Å²) in [7, 11) is 0. The third-order valence-electron chi connectivity index (χ3n) is 5.73. The summed E-state index contributed by atoms with van der Waals surface area (Å²) in [5, 5.41) is 5.94. The molecule has 2 aromatic carbocycles. The summed E-state index contributed by atoms with van der Waals surface area (Å²) in [6.45, 7) is 7.48. The third kappa shape index (κ3) is 5.59. The molecule has 0 aliphatic carbocycles. The number of nitrogens with zero attached hydrogens (tertiary/aromatic N) is 1. The Morgan fingerprint density at radius 2 is 1.80 bits per heavy atom. The molecule has 0 aromatic heterocycles. The zero-order chi connectivity index (χ0) is 21.7. The Balaban J connectivity index is 1.47. The van der Waals surface area contributed by atoms with Crippen molar-refractivity contribution in [3.8, 4) is 0 Å². The van der Waals surface area contributed by atoms with Crippen LogP contribution in [0.1, 0.15) is 37.8 Å². The minimum atomic E-state index is -0.369. The van der Waals surface area contributed by atoms with Crippen LogP contribution in [0, 0.1) is 18.7 Å². The van der Waals surface area contributed by atoms with Crippen molar-refractivity contribution in [2.24, 2.45) is 5.92 Å². The number of likely N-dealkylation sites (tertiary alicyclic amines) is 1. The number of carbonyl (C=O) groups excluding carboxylic acids is 2. The number of halogens is 1. The van der Waals surface area contributed by atoms with Crippen LogP contribution in [0.4, 0.5) is 14.9 Å². The maximum Gasteiger partial charge on any atom is 0.321 e. The van der Waals surface area contributed by atoms with Crippen molar-refractivity contribution in [1.82, 2.24) is 10.2 Å². The zero-order valence-electron chi connectivity index (χ0n) is 17.9. The largest absolute Gasteiger partial charge is 0.355 e. The second-order valence-electron chi connectivity index (χ2n) is 8.67. The van der Waals surface area contributed by atoms with E-state index in [2.05, 4.69) is 10.6 Å². The number of carbonyl (C=O) groups is 2. The minimum absolute atomic E-state index is 0.00165. The van der Waals surface area contributed by atoms with Crippen LogP contribution in [0.3, 0.4) is 0 Å². The molecule has 3 amide bonds. The van der Waals surface area contributed by atoms with Gasteiger partial charge < -0.3 is 15.5 Å². The second kappa shape index (κ2) is 9.28. The Morgan fingerprint density at radius 1 is 1.10 bits per heavy atom. The van der Waals surface area contributed by atoms with Crippen LogP contribution < -0.4 is 10.6 Å². The van der Waals surface area contributed by atoms with Gasteiger partial charge in [-0.3, -0.25) is 4.79 Å². The van der Waals surface area contributed by atoms with Crippen LogP contribution >= 0.6 is 0 Å². The van der Waals surface area contributed by atoms with Crippen LogP contribution in [0.5, 0.6) is 0 Å². The molecule has 6 heteroatoms. The quantitative estimate of drug-likeness (QED) is 0.762. The van der Waals surface area contributed by atoms with Crippen LogP contribution in [0.2, 0.25) is 0 Å². The molecule has 30 heavy (non-hydrogen) atoms. The van der Waals surface area contributed by atoms with Crippen molar-refractivity contribution in [2.75, 3.05) is 25.0 Å². The number of benzene rings is 2. The van der Waals surface area contributed by atoms with Crippen LogP contribution in [-0.2, 0) is 10.2 Å². The molecule has 1 aliphatic heterocycles. The molecule has 3 rings (SSSR count). The van der Waals surface area contributed by atoms with E-state index in [1.165, 1.54) is 12.1 Å². The molecule has 160 valence electrons. The number of anilines is 1. The number of aryl methyl sites for hydroxylation is 1. The number of piperidine rings is 1. The van der Waals surface area contributed by atoms with E-state index in [9.17, 15) is 14.0 Å². The van der Waals surface area contributed by atoms with Gasteiger partial charge in [0, 0.05) is 36.7 Å². The van der Waals surface area contributed by atoms with Crippen molar-refractivity contribution in [3.05, 3.63) is 65.5 Å². The van der Waals surface area contributed by atoms with E-state index in [1.807, 2.05) is 51.1 Å². The summed E-state index contributed by atoms with van der Waals surface area (Å²) in [5.41, 5.74) is 2.35. The molecule has 2 N–H and O–H groups in total. The second-order valence-corrected chi connectivity index (χ2v) is 8.67. The number of hydrogen-bond acceptors (Lipinski definition) is 2. The van der Waals surface area contributed by atoms with E-state index in [0.29, 0.717) is 32.5 Å². The van der Waals surface area contributed by atoms with Crippen molar-refractivity contribution < 1.29 is 14.0 Å². The summed E-state index contributed by atoms with van der Waals surface area (Å²) < 4.78 is 13.5. The number of nitrogens with one attached hydrogen (secondary N) is 2. The Kier molecular flexibility index (Phi) is 6.75. The van der Waals surface area contributed by atoms with Gasteiger partial charge in [-0.25, -0.2) is 9.18 Å². The fourth-order valence-electron chi connectivity index (χ4n) is 3.73. The molecule has 1 saturated heterocycles. The molecule has 2 aromatic rings. The van der Waals surface area contributed by atoms with Crippen LogP contribution in [0.25, 0.3) is 0 Å². The Bertz CT molecular complexity index is 905. The van der Waals surface area contributed by atoms with E-state index < -0.39 is 0 Å². The highest BCUT2D eigenvalue weighted by atomic mass is 19.1. The molecular formula is C24H30FN3O2. The normalized spacial score (nSPS) is 15.0. The molecule has 0 unspecified atom stereocenters. The lowest BCUT2D eigenvalue weighted by atomic mass is 9.84. The van der Waals surface area contributed by atoms with Crippen LogP contribution in [-0.4, -0.2) is 36.5 Å². The predicted octanol–water partition coefficient (Wildman–Crippen LogP) is 4.47. The summed E-state index contributed by atoms with van der Waals surface area (Å²) in [4.78, 5) is 26.9. The maximum atomic E-state index is 13.5. The minimum Gasteiger partial charge on any atom is -0.355 e. The molecule has 1 heterocycles. The SMILES string of the molecule is Cc1cccc(NC(=O)N2CCC(C(=O)NCC(C)(C)c3cccc(F)c3)CC2)c1. The molecule has 1 fully saturated rings. The number of amides is 3. The fourth-order valence-corrected chi connectivity index (χ4v) is 3.73. The van der Waals surface area contributed by atoms with Gasteiger partial charge in [0.2, 0.25) is 5.91 Å². The summed E-state index contributed by atoms with van der Waals surface area (Å²) in [6.07, 6.45) is 1.26. The van der Waals surface area contributed by atoms with Gasteiger partial charge in [-0.05, 0) is 55.2 Å². The lowest BCUT2D eigenvalue weighted by Crippen LogP contribution is -2.46. The highest BCUT2D eigenvalue weighted by Gasteiger charge is 2.29. The predicted molar refractivity (Wildman–Crippen MR) is 117 cm³/mol. The van der Waals surface area contributed by atoms with Gasteiger partial charge in [0.25, 0.3) is 0 Å². The Labute approximate surface area is 177 Å². The molecule has 0 saturated carbocycles. The van der Waals surface area contributed by atoms with E-state index in [4.69, 9.17) is 0 Å². The standard InChI is InChI=1S/C24H30FN3O2/c1-17-6-4-9-21(14-17)27-23(30)28-12-10-18(11-13-28)22(29)26-16-24(2,3)19-7-5-8-20(25)15-19/h4-9,14-15,18H,10-13,16H2,1-3H3,(H,26,29)(H,27,30). The van der Waals surface area contributed by atoms with Gasteiger partial charge in [0.05, 0.1) is 0 Å². The Hall–Kier alpha value is -2.89. The fraction of sp³-hybridized carbons (Fsp3) is 0.417. The molecular weight excluding hydrogens is 381 g/mol. The van der Waals surface area contributed by atoms with Gasteiger partial charge in [0.15, 0.2) is 0 Å². The monoisotopic (exact) mass is 411 g/mol. The summed E-state index contributed by atoms with van der Waals surface area (Å²) in [5.74, 6) is -0.391. The first-order valence-corrected chi connectivity index (χ1v) is 10.4. The first kappa shape index (κ1) is 21.8. The number of urea groups is 1. The topological polar surface area (TPSA) is 61.4 Å². The lowest BCUT2D eigenvalue weighted by Gasteiger charge is -2.32. The summed E-state index contributed by atoms with van der Waals surface area (Å²) in [6, 6.07) is 14.0. The van der Waals surface area contributed by atoms with Crippen molar-refractivity contribution in [1.29, 1.82) is 0 Å². The first-order valence-electron chi connectivity index (χ1n) is 10.4. The third-order valence-corrected chi connectivity index (χ3v) is 5.73. The van der Waals surface area contributed by atoms with Gasteiger partial charge >= 0.3 is 6.03 Å². The molecule has 0 bridgehead atoms. The van der Waals surface area contributed by atoms with Crippen molar-refractivity contribution >= 4 is 17.6 Å². The molecule has 0 radical (unpaired) electrons. The average molecular weight is 412 g/mol. The summed E-state index contributed by atoms with van der Waals surface area (Å²) >= 11 is 0. The van der Waals surface area contributed by atoms with Gasteiger partial charge in [-0.2, -0.15) is 0 Å². The highest BCUT2D eigenvalue weighted by molar-refractivity contribution is 5.89. The average Bonchev–Trinajstić information content (AvgIpc) is 2.72. The van der Waals surface area contributed by atoms with Gasteiger partial charge in [-0.15, -0.1) is 0 Å². The number of rotatable bonds is 5. The van der Waals surface area contributed by atoms with Gasteiger partial charge in [-0.1, -0.05) is 38.1 Å². The van der Waals surface area contributed by atoms with E-state index in [-0.39, 0.29) is 29.1 Å². The first-order chi connectivity index (χ1) is 14.2. The Morgan fingerprint density at radius 3 is 2.47 bits per heavy atom. The molecule has 0 spiro atoms. The molecule has 5 nitrogen and oxygen atoms in total.